The van der Waals surface area contributed by atoms with E-state index in [0.29, 0.717) is 12.5 Å². The number of benzene rings is 3. The van der Waals surface area contributed by atoms with Gasteiger partial charge in [-0.05, 0) is 95.5 Å². The fraction of sp³-hybridized carbons (Fsp3) is 0.465. The second-order valence-corrected chi connectivity index (χ2v) is 16.6. The smallest absolute Gasteiger partial charge is 0.407 e. The first-order chi connectivity index (χ1) is 25.9. The number of likely N-dealkylation sites (tertiary alicyclic amines) is 2. The first-order valence-corrected chi connectivity index (χ1v) is 19.5. The average Bonchev–Trinajstić information content (AvgIpc) is 3.66. The summed E-state index contributed by atoms with van der Waals surface area (Å²) >= 11 is 0. The van der Waals surface area contributed by atoms with Crippen LogP contribution in [0.3, 0.4) is 0 Å². The molecule has 3 N–H and O–H groups in total. The van der Waals surface area contributed by atoms with E-state index in [4.69, 9.17) is 14.7 Å². The Morgan fingerprint density at radius 3 is 2.10 bits per heavy atom. The lowest BCUT2D eigenvalue weighted by Crippen LogP contribution is -2.51. The van der Waals surface area contributed by atoms with Crippen LogP contribution in [0.5, 0.6) is 0 Å². The van der Waals surface area contributed by atoms with E-state index < -0.39 is 12.1 Å². The van der Waals surface area contributed by atoms with Crippen LogP contribution < -0.4 is 5.32 Å². The SMILES string of the molecule is COC(=O)N[C@H](C(=O)N1CC2(CC2)C[C@H]1c1nc2ccc(-c3ccc4cc(-c5cnc([C@@H]6CCCN6C(=O)[C@@H](C)C(C)C)[nH]5)ccc4c3)cc2[nH]1)C(C)C.S.S.S.S. The Hall–Kier alpha value is -3.79. The number of nitrogens with zero attached hydrogens (tertiary/aromatic N) is 4. The van der Waals surface area contributed by atoms with Crippen LogP contribution >= 0.6 is 54.0 Å². The predicted octanol–water partition coefficient (Wildman–Crippen LogP) is 8.61. The molecule has 4 heterocycles. The number of amides is 3. The Balaban J connectivity index is 0.00000186. The summed E-state index contributed by atoms with van der Waals surface area (Å²) in [4.78, 5) is 60.1. The molecule has 3 aromatic carbocycles. The molecule has 58 heavy (non-hydrogen) atoms. The molecule has 0 radical (unpaired) electrons. The maximum absolute atomic E-state index is 13.9. The Morgan fingerprint density at radius 1 is 0.793 bits per heavy atom. The molecule has 3 fully saturated rings. The van der Waals surface area contributed by atoms with Crippen LogP contribution in [0.2, 0.25) is 0 Å². The highest BCUT2D eigenvalue weighted by atomic mass is 32.1. The van der Waals surface area contributed by atoms with Gasteiger partial charge in [-0.15, -0.1) is 0 Å². The highest BCUT2D eigenvalue weighted by molar-refractivity contribution is 7.59. The second-order valence-electron chi connectivity index (χ2n) is 16.6. The number of H-pyrrole nitrogens is 2. The minimum absolute atomic E-state index is 0. The number of imidazole rings is 2. The number of methoxy groups -OCH3 is 1. The molecule has 5 aromatic rings. The molecule has 1 spiro atoms. The zero-order valence-corrected chi connectivity index (χ0v) is 38.1. The largest absolute Gasteiger partial charge is 0.453 e. The number of hydrogen-bond acceptors (Lipinski definition) is 6. The topological polar surface area (TPSA) is 136 Å². The molecule has 8 rings (SSSR count). The number of aromatic nitrogens is 4. The molecule has 314 valence electrons. The van der Waals surface area contributed by atoms with Gasteiger partial charge in [0.1, 0.15) is 17.7 Å². The van der Waals surface area contributed by atoms with E-state index in [-0.39, 0.29) is 95.1 Å². The predicted molar refractivity (Wildman–Crippen MR) is 251 cm³/mol. The zero-order valence-electron chi connectivity index (χ0n) is 34.1. The Morgan fingerprint density at radius 2 is 1.45 bits per heavy atom. The number of fused-ring (bicyclic) bond motifs is 2. The maximum Gasteiger partial charge on any atom is 0.407 e. The van der Waals surface area contributed by atoms with Gasteiger partial charge in [-0.3, -0.25) is 9.59 Å². The number of carbonyl (C=O) groups excluding carboxylic acids is 3. The monoisotopic (exact) mass is 865 g/mol. The fourth-order valence-corrected chi connectivity index (χ4v) is 8.42. The standard InChI is InChI=1S/C43H51N7O4.4H2S/c1-24(2)26(5)40(51)49-17-7-8-35(49)38-44-22-34(47-38)31-12-11-27-18-28(9-10-29(27)19-31)30-13-14-32-33(20-30)46-39(45-32)36-21-43(15-16-43)23-50(36)41(52)37(25(3)4)48-42(53)54-6;;;;/h9-14,18-20,22,24-26,35-37H,7-8,15-17,21,23H2,1-6H3,(H,44,47)(H,45,46)(H,48,53);4*1H2/t26-,35-,36-,37-;;;;/m0..../s1. The van der Waals surface area contributed by atoms with Gasteiger partial charge < -0.3 is 29.8 Å². The third-order valence-corrected chi connectivity index (χ3v) is 12.3. The summed E-state index contributed by atoms with van der Waals surface area (Å²) in [7, 11) is 1.31. The third-order valence-electron chi connectivity index (χ3n) is 12.3. The van der Waals surface area contributed by atoms with Crippen molar-refractivity contribution in [3.63, 3.8) is 0 Å². The number of nitrogens with one attached hydrogen (secondary N) is 3. The van der Waals surface area contributed by atoms with Crippen molar-refractivity contribution in [2.45, 2.75) is 84.8 Å². The number of hydrogen-bond donors (Lipinski definition) is 3. The van der Waals surface area contributed by atoms with Crippen LogP contribution in [0.15, 0.2) is 60.8 Å². The van der Waals surface area contributed by atoms with E-state index in [1.807, 2.05) is 42.8 Å². The Labute approximate surface area is 369 Å². The molecule has 15 heteroatoms. The van der Waals surface area contributed by atoms with Crippen molar-refractivity contribution >= 4 is 93.7 Å². The summed E-state index contributed by atoms with van der Waals surface area (Å²) < 4.78 is 4.83. The molecule has 1 aliphatic carbocycles. The van der Waals surface area contributed by atoms with Gasteiger partial charge in [0.05, 0.1) is 42.1 Å². The first kappa shape index (κ1) is 46.9. The molecule has 0 unspecified atom stereocenters. The average molecular weight is 866 g/mol. The van der Waals surface area contributed by atoms with Gasteiger partial charge in [-0.25, -0.2) is 14.8 Å². The molecule has 1 saturated carbocycles. The van der Waals surface area contributed by atoms with Gasteiger partial charge in [-0.2, -0.15) is 54.0 Å². The van der Waals surface area contributed by atoms with Gasteiger partial charge in [-0.1, -0.05) is 65.0 Å². The minimum Gasteiger partial charge on any atom is -0.453 e. The lowest BCUT2D eigenvalue weighted by atomic mass is 9.96. The number of rotatable bonds is 9. The molecular weight excluding hydrogens is 807 g/mol. The van der Waals surface area contributed by atoms with Crippen LogP contribution in [0.25, 0.3) is 44.2 Å². The molecule has 2 aromatic heterocycles. The third kappa shape index (κ3) is 9.02. The number of aromatic amines is 2. The highest BCUT2D eigenvalue weighted by Crippen LogP contribution is 2.58. The van der Waals surface area contributed by atoms with Crippen molar-refractivity contribution in [3.8, 4) is 22.4 Å². The summed E-state index contributed by atoms with van der Waals surface area (Å²) in [6, 6.07) is 18.4. The van der Waals surface area contributed by atoms with E-state index in [2.05, 4.69) is 77.7 Å². The van der Waals surface area contributed by atoms with Crippen molar-refractivity contribution in [2.24, 2.45) is 23.2 Å². The van der Waals surface area contributed by atoms with Crippen molar-refractivity contribution in [3.05, 3.63) is 72.4 Å². The molecule has 0 bridgehead atoms. The molecule has 2 aliphatic heterocycles. The van der Waals surface area contributed by atoms with Gasteiger partial charge >= 0.3 is 6.09 Å². The van der Waals surface area contributed by atoms with Crippen LogP contribution in [-0.2, 0) is 14.3 Å². The summed E-state index contributed by atoms with van der Waals surface area (Å²) in [6.07, 6.45) is 6.25. The molecule has 3 aliphatic rings. The fourth-order valence-electron chi connectivity index (χ4n) is 8.42. The number of carbonyl (C=O) groups is 3. The van der Waals surface area contributed by atoms with Crippen molar-refractivity contribution < 1.29 is 19.1 Å². The van der Waals surface area contributed by atoms with Gasteiger partial charge in [0.2, 0.25) is 11.8 Å². The Kier molecular flexibility index (Phi) is 15.1. The van der Waals surface area contributed by atoms with Crippen molar-refractivity contribution in [1.29, 1.82) is 0 Å². The molecule has 3 amide bonds. The minimum atomic E-state index is -0.677. The summed E-state index contributed by atoms with van der Waals surface area (Å²) in [5.74, 6) is 1.95. The van der Waals surface area contributed by atoms with Gasteiger partial charge in [0, 0.05) is 24.6 Å². The number of alkyl carbamates (subject to hydrolysis) is 1. The molecule has 2 saturated heterocycles. The van der Waals surface area contributed by atoms with Crippen molar-refractivity contribution in [1.82, 2.24) is 35.1 Å². The van der Waals surface area contributed by atoms with Gasteiger partial charge in [0.15, 0.2) is 0 Å². The normalized spacial score (nSPS) is 19.0. The second kappa shape index (κ2) is 18.6. The Bertz CT molecular complexity index is 2250. The van der Waals surface area contributed by atoms with Crippen LogP contribution in [-0.4, -0.2) is 73.9 Å². The summed E-state index contributed by atoms with van der Waals surface area (Å²) in [5.41, 5.74) is 6.08. The maximum atomic E-state index is 13.9. The molecule has 4 atom stereocenters. The summed E-state index contributed by atoms with van der Waals surface area (Å²) in [5, 5.41) is 5.02. The van der Waals surface area contributed by atoms with Crippen molar-refractivity contribution in [2.75, 3.05) is 20.2 Å². The molecule has 11 nitrogen and oxygen atoms in total. The van der Waals surface area contributed by atoms with Crippen LogP contribution in [0.4, 0.5) is 4.79 Å². The van der Waals surface area contributed by atoms with E-state index >= 15 is 0 Å². The lowest BCUT2D eigenvalue weighted by molar-refractivity contribution is -0.137. The summed E-state index contributed by atoms with van der Waals surface area (Å²) in [6.45, 7) is 11.5. The van der Waals surface area contributed by atoms with E-state index in [1.54, 1.807) is 0 Å². The van der Waals surface area contributed by atoms with E-state index in [9.17, 15) is 14.4 Å². The van der Waals surface area contributed by atoms with E-state index in [1.165, 1.54) is 7.11 Å². The lowest BCUT2D eigenvalue weighted by Gasteiger charge is -2.30. The van der Waals surface area contributed by atoms with Gasteiger partial charge in [0.25, 0.3) is 0 Å². The van der Waals surface area contributed by atoms with Crippen LogP contribution in [0.1, 0.15) is 90.5 Å². The van der Waals surface area contributed by atoms with Crippen LogP contribution in [0, 0.1) is 23.2 Å². The van der Waals surface area contributed by atoms with E-state index in [0.717, 1.165) is 94.5 Å². The highest BCUT2D eigenvalue weighted by Gasteiger charge is 2.55. The zero-order chi connectivity index (χ0) is 37.9. The first-order valence-electron chi connectivity index (χ1n) is 19.5. The molecular formula is C43H59N7O4S4. The number of ether oxygens (including phenoxy) is 1. The quantitative estimate of drug-likeness (QED) is 0.136.